The van der Waals surface area contributed by atoms with E-state index < -0.39 is 26.1 Å². The number of aliphatic hydroxyl groups is 1. The fourth-order valence-corrected chi connectivity index (χ4v) is 11.4. The molecule has 4 nitrogen and oxygen atoms in total. The first kappa shape index (κ1) is 35.0. The van der Waals surface area contributed by atoms with Gasteiger partial charge in [-0.25, -0.2) is 4.79 Å². The second kappa shape index (κ2) is 13.7. The molecule has 2 aromatic rings. The minimum atomic E-state index is -3.01. The van der Waals surface area contributed by atoms with E-state index in [1.54, 1.807) is 0 Å². The van der Waals surface area contributed by atoms with Gasteiger partial charge in [-0.2, -0.15) is 0 Å². The van der Waals surface area contributed by atoms with Crippen molar-refractivity contribution in [2.24, 2.45) is 17.3 Å². The van der Waals surface area contributed by atoms with Crippen LogP contribution in [0, 0.1) is 17.3 Å². The average Bonchev–Trinajstić information content (AvgIpc) is 2.93. The summed E-state index contributed by atoms with van der Waals surface area (Å²) in [4.78, 5) is 14.1. The predicted octanol–water partition coefficient (Wildman–Crippen LogP) is 7.99. The lowest BCUT2D eigenvalue weighted by atomic mass is 9.59. The van der Waals surface area contributed by atoms with Gasteiger partial charge in [-0.1, -0.05) is 120 Å². The van der Waals surface area contributed by atoms with E-state index in [9.17, 15) is 9.90 Å². The number of hydrogen-bond donors (Lipinski definition) is 1. The maximum Gasteiger partial charge on any atom is 0.334 e. The molecule has 1 aliphatic carbocycles. The molecule has 0 aromatic heterocycles. The predicted molar refractivity (Wildman–Crippen MR) is 182 cm³/mol. The fraction of sp³-hybridized carbons (Fsp3) is 0.553. The lowest BCUT2D eigenvalue weighted by Crippen LogP contribution is -2.68. The summed E-state index contributed by atoms with van der Waals surface area (Å²) >= 11 is 0. The highest BCUT2D eigenvalue weighted by molar-refractivity contribution is 6.99. The summed E-state index contributed by atoms with van der Waals surface area (Å²) in [6.07, 6.45) is 2.69. The number of benzene rings is 2. The first-order chi connectivity index (χ1) is 19.9. The number of aliphatic hydroxyl groups excluding tert-OH is 1. The van der Waals surface area contributed by atoms with E-state index in [-0.39, 0.29) is 22.3 Å². The van der Waals surface area contributed by atoms with Gasteiger partial charge in [0.25, 0.3) is 8.32 Å². The minimum absolute atomic E-state index is 0.202. The van der Waals surface area contributed by atoms with Gasteiger partial charge in [0.15, 0.2) is 0 Å². The van der Waals surface area contributed by atoms with Gasteiger partial charge in [-0.15, -0.1) is 0 Å². The quantitative estimate of drug-likeness (QED) is 0.160. The lowest BCUT2D eigenvalue weighted by Gasteiger charge is -2.48. The number of ether oxygens (including phenoxy) is 1. The van der Waals surface area contributed by atoms with Gasteiger partial charge in [-0.3, -0.25) is 0 Å². The van der Waals surface area contributed by atoms with Crippen molar-refractivity contribution in [3.05, 3.63) is 85.0 Å². The molecular formula is C38H56O4Si. The molecule has 1 N–H and O–H groups in total. The summed E-state index contributed by atoms with van der Waals surface area (Å²) in [6, 6.07) is 20.9. The zero-order valence-electron chi connectivity index (χ0n) is 28.2. The van der Waals surface area contributed by atoms with Crippen LogP contribution in [0.4, 0.5) is 0 Å². The Morgan fingerprint density at radius 3 is 1.95 bits per heavy atom. The van der Waals surface area contributed by atoms with E-state index in [1.807, 2.05) is 39.8 Å². The van der Waals surface area contributed by atoms with Crippen molar-refractivity contribution in [1.29, 1.82) is 0 Å². The molecule has 2 unspecified atom stereocenters. The standard InChI is InChI=1S/C38H56O4Si/c1-27(2)33(39)26-30-23-22-28(3)38(11,29(30)4)25-24-34(35(40)41-36(5,6)7)42-43(37(8,9)10,31-18-14-12-15-19-31)32-20-16-13-17-21-32/h12-21,28,30,33-34,39H,1,4,22-26H2,2-3,5-11H3/t28-,30?,33?,34-,38+/m0/s1. The largest absolute Gasteiger partial charge is 0.458 e. The lowest BCUT2D eigenvalue weighted by molar-refractivity contribution is -0.164. The van der Waals surface area contributed by atoms with Crippen LogP contribution in [0.3, 0.4) is 0 Å². The Labute approximate surface area is 262 Å². The van der Waals surface area contributed by atoms with Gasteiger partial charge in [0.05, 0.1) is 6.10 Å². The van der Waals surface area contributed by atoms with Crippen LogP contribution in [0.1, 0.15) is 94.4 Å². The van der Waals surface area contributed by atoms with Crippen molar-refractivity contribution in [2.75, 3.05) is 0 Å². The summed E-state index contributed by atoms with van der Waals surface area (Å²) in [5.41, 5.74) is 1.11. The van der Waals surface area contributed by atoms with Crippen LogP contribution in [0.25, 0.3) is 0 Å². The van der Waals surface area contributed by atoms with E-state index >= 15 is 0 Å². The molecular weight excluding hydrogens is 549 g/mol. The number of carbonyl (C=O) groups is 1. The maximum atomic E-state index is 14.1. The molecule has 0 spiro atoms. The molecule has 0 amide bonds. The van der Waals surface area contributed by atoms with Crippen molar-refractivity contribution < 1.29 is 19.1 Å². The van der Waals surface area contributed by atoms with Crippen LogP contribution in [0.2, 0.25) is 5.04 Å². The molecule has 1 fully saturated rings. The van der Waals surface area contributed by atoms with Crippen LogP contribution in [-0.4, -0.2) is 37.2 Å². The second-order valence-corrected chi connectivity index (χ2v) is 19.3. The number of esters is 1. The SMILES string of the molecule is C=C(C)C(O)CC1CC[C@H](C)[C@@](C)(CC[C@H](O[Si](c2ccccc2)(c2ccccc2)C(C)(C)C)C(=O)OC(C)(C)C)C1=C. The molecule has 0 radical (unpaired) electrons. The molecule has 5 atom stereocenters. The Bertz CT molecular complexity index is 1200. The zero-order chi connectivity index (χ0) is 32.2. The van der Waals surface area contributed by atoms with Crippen LogP contribution in [-0.2, 0) is 14.0 Å². The highest BCUT2D eigenvalue weighted by atomic mass is 28.4. The van der Waals surface area contributed by atoms with Crippen molar-refractivity contribution >= 4 is 24.7 Å². The van der Waals surface area contributed by atoms with Gasteiger partial charge in [0.2, 0.25) is 0 Å². The molecule has 0 aliphatic heterocycles. The Balaban J connectivity index is 2.06. The summed E-state index contributed by atoms with van der Waals surface area (Å²) < 4.78 is 13.4. The van der Waals surface area contributed by atoms with Gasteiger partial charge in [-0.05, 0) is 92.5 Å². The topological polar surface area (TPSA) is 55.8 Å². The molecule has 0 heterocycles. The monoisotopic (exact) mass is 604 g/mol. The Morgan fingerprint density at radius 1 is 1.00 bits per heavy atom. The number of rotatable bonds is 11. The van der Waals surface area contributed by atoms with Gasteiger partial charge >= 0.3 is 5.97 Å². The molecule has 0 bridgehead atoms. The fourth-order valence-electron chi connectivity index (χ4n) is 6.79. The maximum absolute atomic E-state index is 14.1. The van der Waals surface area contributed by atoms with Crippen LogP contribution >= 0.6 is 0 Å². The Morgan fingerprint density at radius 2 is 1.51 bits per heavy atom. The third kappa shape index (κ3) is 7.98. The molecule has 1 saturated carbocycles. The molecule has 43 heavy (non-hydrogen) atoms. The van der Waals surface area contributed by atoms with Crippen molar-refractivity contribution in [2.45, 2.75) is 117 Å². The van der Waals surface area contributed by atoms with E-state index in [2.05, 4.69) is 96.3 Å². The van der Waals surface area contributed by atoms with E-state index in [0.29, 0.717) is 18.8 Å². The molecule has 5 heteroatoms. The van der Waals surface area contributed by atoms with Gasteiger partial charge < -0.3 is 14.3 Å². The third-order valence-corrected chi connectivity index (χ3v) is 14.7. The van der Waals surface area contributed by atoms with E-state index in [4.69, 9.17) is 9.16 Å². The summed E-state index contributed by atoms with van der Waals surface area (Å²) in [6.45, 7) is 27.5. The van der Waals surface area contributed by atoms with Crippen molar-refractivity contribution in [1.82, 2.24) is 0 Å². The second-order valence-electron chi connectivity index (χ2n) is 15.1. The highest BCUT2D eigenvalue weighted by Crippen LogP contribution is 2.51. The van der Waals surface area contributed by atoms with Crippen molar-refractivity contribution in [3.8, 4) is 0 Å². The number of hydrogen-bond acceptors (Lipinski definition) is 4. The summed E-state index contributed by atoms with van der Waals surface area (Å²) in [5, 5.41) is 12.6. The smallest absolute Gasteiger partial charge is 0.334 e. The van der Waals surface area contributed by atoms with Gasteiger partial charge in [0, 0.05) is 0 Å². The van der Waals surface area contributed by atoms with Crippen LogP contribution in [0.15, 0.2) is 85.0 Å². The minimum Gasteiger partial charge on any atom is -0.458 e. The molecule has 2 aromatic carbocycles. The third-order valence-electron chi connectivity index (χ3n) is 9.67. The normalized spacial score (nSPS) is 23.0. The van der Waals surface area contributed by atoms with Gasteiger partial charge in [0.1, 0.15) is 11.7 Å². The van der Waals surface area contributed by atoms with E-state index in [0.717, 1.165) is 35.2 Å². The Hall–Kier alpha value is -2.47. The molecule has 1 aliphatic rings. The number of allylic oxidation sites excluding steroid dienone is 1. The summed E-state index contributed by atoms with van der Waals surface area (Å²) in [5.74, 6) is 0.295. The number of carbonyl (C=O) groups excluding carboxylic acids is 1. The first-order valence-electron chi connectivity index (χ1n) is 16.0. The Kier molecular flexibility index (Phi) is 11.1. The highest BCUT2D eigenvalue weighted by Gasteiger charge is 2.53. The van der Waals surface area contributed by atoms with E-state index in [1.165, 1.54) is 5.57 Å². The molecule has 3 rings (SSSR count). The summed E-state index contributed by atoms with van der Waals surface area (Å²) in [7, 11) is -3.01. The van der Waals surface area contributed by atoms with Crippen LogP contribution < -0.4 is 10.4 Å². The molecule has 0 saturated heterocycles. The average molecular weight is 605 g/mol. The zero-order valence-corrected chi connectivity index (χ0v) is 29.2. The molecule has 236 valence electrons. The first-order valence-corrected chi connectivity index (χ1v) is 17.9. The van der Waals surface area contributed by atoms with Crippen LogP contribution in [0.5, 0.6) is 0 Å². The van der Waals surface area contributed by atoms with Crippen molar-refractivity contribution in [3.63, 3.8) is 0 Å².